The van der Waals surface area contributed by atoms with Crippen LogP contribution in [0.25, 0.3) is 0 Å². The first kappa shape index (κ1) is 13.6. The van der Waals surface area contributed by atoms with Crippen molar-refractivity contribution in [3.8, 4) is 0 Å². The Balaban J connectivity index is 2.36. The molecule has 0 fully saturated rings. The Morgan fingerprint density at radius 3 is 2.76 bits per heavy atom. The Kier molecular flexibility index (Phi) is 5.05. The molecule has 0 saturated heterocycles. The second-order valence-electron chi connectivity index (χ2n) is 3.52. The summed E-state index contributed by atoms with van der Waals surface area (Å²) in [4.78, 5) is 27.6. The Morgan fingerprint density at radius 2 is 2.24 bits per heavy atom. The number of hydrogen-bond acceptors (Lipinski definition) is 5. The first-order valence-corrected chi connectivity index (χ1v) is 6.02. The number of amides is 3. The zero-order valence-corrected chi connectivity index (χ0v) is 10.9. The molecule has 0 saturated carbocycles. The molecular weight excluding hydrogens is 240 g/mol. The highest BCUT2D eigenvalue weighted by Gasteiger charge is 2.14. The molecule has 0 bridgehead atoms. The van der Waals surface area contributed by atoms with Crippen LogP contribution in [0, 0.1) is 6.92 Å². The molecule has 1 unspecified atom stereocenters. The fourth-order valence-electron chi connectivity index (χ4n) is 1.12. The van der Waals surface area contributed by atoms with E-state index < -0.39 is 12.1 Å². The van der Waals surface area contributed by atoms with E-state index in [4.69, 9.17) is 0 Å². The number of urea groups is 1. The lowest BCUT2D eigenvalue weighted by Gasteiger charge is -2.12. The number of rotatable bonds is 4. The third kappa shape index (κ3) is 4.49. The highest BCUT2D eigenvalue weighted by Crippen LogP contribution is 2.10. The third-order valence-corrected chi connectivity index (χ3v) is 3.02. The minimum atomic E-state index is -0.503. The first-order valence-electron chi connectivity index (χ1n) is 5.20. The van der Waals surface area contributed by atoms with Gasteiger partial charge < -0.3 is 10.6 Å². The van der Waals surface area contributed by atoms with E-state index in [-0.39, 0.29) is 5.91 Å². The highest BCUT2D eigenvalue weighted by molar-refractivity contribution is 7.11. The van der Waals surface area contributed by atoms with Crippen LogP contribution in [0.1, 0.15) is 16.8 Å². The number of carbonyl (C=O) groups excluding carboxylic acids is 2. The summed E-state index contributed by atoms with van der Waals surface area (Å²) in [7, 11) is 1.46. The van der Waals surface area contributed by atoms with E-state index in [1.54, 1.807) is 24.5 Å². The van der Waals surface area contributed by atoms with Crippen molar-refractivity contribution >= 4 is 23.3 Å². The van der Waals surface area contributed by atoms with Gasteiger partial charge in [-0.3, -0.25) is 10.1 Å². The van der Waals surface area contributed by atoms with Crippen molar-refractivity contribution in [2.24, 2.45) is 0 Å². The van der Waals surface area contributed by atoms with E-state index in [9.17, 15) is 9.59 Å². The van der Waals surface area contributed by atoms with Gasteiger partial charge in [-0.25, -0.2) is 9.78 Å². The topological polar surface area (TPSA) is 83.1 Å². The maximum absolute atomic E-state index is 11.5. The fraction of sp³-hybridized carbons (Fsp3) is 0.500. The van der Waals surface area contributed by atoms with Crippen LogP contribution < -0.4 is 16.0 Å². The van der Waals surface area contributed by atoms with Crippen molar-refractivity contribution in [2.75, 3.05) is 7.05 Å². The average molecular weight is 256 g/mol. The highest BCUT2D eigenvalue weighted by atomic mass is 32.1. The maximum Gasteiger partial charge on any atom is 0.321 e. The van der Waals surface area contributed by atoms with E-state index in [2.05, 4.69) is 20.9 Å². The summed E-state index contributed by atoms with van der Waals surface area (Å²) in [5, 5.41) is 8.54. The number of aromatic nitrogens is 1. The molecule has 17 heavy (non-hydrogen) atoms. The minimum absolute atomic E-state index is 0.356. The monoisotopic (exact) mass is 256 g/mol. The van der Waals surface area contributed by atoms with E-state index >= 15 is 0 Å². The van der Waals surface area contributed by atoms with E-state index in [0.29, 0.717) is 6.54 Å². The summed E-state index contributed by atoms with van der Waals surface area (Å²) >= 11 is 1.58. The van der Waals surface area contributed by atoms with Crippen LogP contribution >= 0.6 is 11.3 Å². The van der Waals surface area contributed by atoms with Gasteiger partial charge in [-0.05, 0) is 13.8 Å². The smallest absolute Gasteiger partial charge is 0.321 e. The lowest BCUT2D eigenvalue weighted by atomic mass is 10.3. The van der Waals surface area contributed by atoms with Crippen LogP contribution in [0.15, 0.2) is 6.20 Å². The summed E-state index contributed by atoms with van der Waals surface area (Å²) in [6.45, 7) is 4.19. The van der Waals surface area contributed by atoms with Crippen LogP contribution in [-0.2, 0) is 11.3 Å². The van der Waals surface area contributed by atoms with Crippen molar-refractivity contribution in [3.05, 3.63) is 16.1 Å². The number of thiazole rings is 1. The summed E-state index contributed by atoms with van der Waals surface area (Å²) in [5.74, 6) is -0.356. The predicted octanol–water partition coefficient (Wildman–Crippen LogP) is 0.385. The molecule has 7 heteroatoms. The molecule has 1 rings (SSSR count). The van der Waals surface area contributed by atoms with Crippen molar-refractivity contribution in [2.45, 2.75) is 26.4 Å². The molecule has 3 amide bonds. The molecule has 0 aliphatic heterocycles. The van der Waals surface area contributed by atoms with Crippen LogP contribution in [0.3, 0.4) is 0 Å². The molecule has 0 aromatic carbocycles. The Morgan fingerprint density at radius 1 is 1.53 bits per heavy atom. The van der Waals surface area contributed by atoms with Gasteiger partial charge in [-0.15, -0.1) is 11.3 Å². The molecule has 1 aromatic rings. The number of imide groups is 1. The number of aryl methyl sites for hydroxylation is 1. The summed E-state index contributed by atoms with van der Waals surface area (Å²) in [6, 6.07) is -0.938. The van der Waals surface area contributed by atoms with Gasteiger partial charge in [-0.1, -0.05) is 0 Å². The van der Waals surface area contributed by atoms with Gasteiger partial charge in [-0.2, -0.15) is 0 Å². The van der Waals surface area contributed by atoms with Crippen LogP contribution in [-0.4, -0.2) is 30.0 Å². The molecule has 1 heterocycles. The van der Waals surface area contributed by atoms with Crippen molar-refractivity contribution in [1.82, 2.24) is 20.9 Å². The predicted molar refractivity (Wildman–Crippen MR) is 65.8 cm³/mol. The second kappa shape index (κ2) is 6.31. The Labute approximate surface area is 104 Å². The number of nitrogens with one attached hydrogen (secondary N) is 3. The normalized spacial score (nSPS) is 11.9. The van der Waals surface area contributed by atoms with Crippen LogP contribution in [0.4, 0.5) is 4.79 Å². The zero-order valence-electron chi connectivity index (χ0n) is 10.0. The molecule has 3 N–H and O–H groups in total. The zero-order chi connectivity index (χ0) is 12.8. The van der Waals surface area contributed by atoms with Crippen LogP contribution in [0.5, 0.6) is 0 Å². The lowest BCUT2D eigenvalue weighted by molar-refractivity contribution is -0.121. The molecule has 1 aromatic heterocycles. The Hall–Kier alpha value is -1.47. The van der Waals surface area contributed by atoms with Gasteiger partial charge in [0.05, 0.1) is 11.0 Å². The van der Waals surface area contributed by atoms with Gasteiger partial charge >= 0.3 is 6.03 Å². The Bertz CT molecular complexity index is 405. The second-order valence-corrected chi connectivity index (χ2v) is 4.84. The average Bonchev–Trinajstić information content (AvgIpc) is 2.71. The number of hydrogen-bond donors (Lipinski definition) is 3. The molecule has 0 aliphatic rings. The van der Waals surface area contributed by atoms with E-state index in [1.807, 2.05) is 6.92 Å². The van der Waals surface area contributed by atoms with Gasteiger partial charge in [0.15, 0.2) is 0 Å². The maximum atomic E-state index is 11.5. The van der Waals surface area contributed by atoms with Crippen molar-refractivity contribution in [1.29, 1.82) is 0 Å². The summed E-state index contributed by atoms with van der Waals surface area (Å²) in [5.41, 5.74) is 0. The third-order valence-electron chi connectivity index (χ3n) is 2.11. The first-order chi connectivity index (χ1) is 8.02. The largest absolute Gasteiger partial charge is 0.341 e. The van der Waals surface area contributed by atoms with Crippen molar-refractivity contribution in [3.63, 3.8) is 0 Å². The quantitative estimate of drug-likeness (QED) is 0.727. The van der Waals surface area contributed by atoms with Crippen LogP contribution in [0.2, 0.25) is 0 Å². The molecule has 6 nitrogen and oxygen atoms in total. The van der Waals surface area contributed by atoms with Crippen molar-refractivity contribution < 1.29 is 9.59 Å². The summed E-state index contributed by atoms with van der Waals surface area (Å²) in [6.07, 6.45) is 1.77. The van der Waals surface area contributed by atoms with E-state index in [1.165, 1.54) is 7.05 Å². The molecule has 0 spiro atoms. The van der Waals surface area contributed by atoms with E-state index in [0.717, 1.165) is 9.88 Å². The molecular formula is C10H16N4O2S. The molecule has 94 valence electrons. The standard InChI is InChI=1S/C10H16N4O2S/c1-6(9(15)14-10(16)11-3)12-4-8-5-13-7(2)17-8/h5-6,12H,4H2,1-3H3,(H2,11,14,15,16). The number of nitrogens with zero attached hydrogens (tertiary/aromatic N) is 1. The molecule has 0 aliphatic carbocycles. The fourth-order valence-corrected chi connectivity index (χ4v) is 1.86. The SMILES string of the molecule is CNC(=O)NC(=O)C(C)NCc1cnc(C)s1. The summed E-state index contributed by atoms with van der Waals surface area (Å²) < 4.78 is 0. The molecule has 0 radical (unpaired) electrons. The van der Waals surface area contributed by atoms with Gasteiger partial charge in [0, 0.05) is 24.7 Å². The van der Waals surface area contributed by atoms with Gasteiger partial charge in [0.1, 0.15) is 0 Å². The molecule has 1 atom stereocenters. The minimum Gasteiger partial charge on any atom is -0.341 e. The van der Waals surface area contributed by atoms with Gasteiger partial charge in [0.25, 0.3) is 0 Å². The lowest BCUT2D eigenvalue weighted by Crippen LogP contribution is -2.47. The van der Waals surface area contributed by atoms with Gasteiger partial charge in [0.2, 0.25) is 5.91 Å². The number of carbonyl (C=O) groups is 2.